The monoisotopic (exact) mass is 430 g/mol. The molecule has 0 fully saturated rings. The number of hydrogen-bond acceptors (Lipinski definition) is 3. The number of nitrogens with one attached hydrogen (secondary N) is 2. The first-order valence-corrected chi connectivity index (χ1v) is 10.3. The number of benzene rings is 2. The maximum atomic E-state index is 13.4. The summed E-state index contributed by atoms with van der Waals surface area (Å²) in [6.07, 6.45) is 0. The summed E-state index contributed by atoms with van der Waals surface area (Å²) in [6.45, 7) is 6.63. The number of hydrogen-bond donors (Lipinski definition) is 2. The van der Waals surface area contributed by atoms with Gasteiger partial charge in [0.1, 0.15) is 4.90 Å². The molecule has 28 heavy (non-hydrogen) atoms. The number of halogens is 3. The molecule has 0 saturated carbocycles. The van der Waals surface area contributed by atoms with Crippen molar-refractivity contribution in [1.82, 2.24) is 10.0 Å². The van der Waals surface area contributed by atoms with Crippen LogP contribution in [0.25, 0.3) is 0 Å². The molecule has 2 aromatic rings. The fourth-order valence-electron chi connectivity index (χ4n) is 2.45. The average molecular weight is 431 g/mol. The lowest BCUT2D eigenvalue weighted by atomic mass is 10.1. The van der Waals surface area contributed by atoms with E-state index in [1.807, 2.05) is 0 Å². The molecule has 1 amide bonds. The van der Waals surface area contributed by atoms with E-state index in [4.69, 9.17) is 11.6 Å². The van der Waals surface area contributed by atoms with Crippen molar-refractivity contribution in [2.24, 2.45) is 0 Å². The molecule has 0 aromatic heterocycles. The zero-order chi connectivity index (χ0) is 21.3. The van der Waals surface area contributed by atoms with Crippen molar-refractivity contribution in [2.45, 2.75) is 44.2 Å². The Morgan fingerprint density at radius 2 is 1.71 bits per heavy atom. The Morgan fingerprint density at radius 1 is 1.07 bits per heavy atom. The van der Waals surface area contributed by atoms with E-state index in [2.05, 4.69) is 10.0 Å². The van der Waals surface area contributed by atoms with Crippen LogP contribution in [-0.2, 0) is 10.0 Å². The summed E-state index contributed by atoms with van der Waals surface area (Å²) >= 11 is 6.02. The topological polar surface area (TPSA) is 75.3 Å². The van der Waals surface area contributed by atoms with Crippen molar-refractivity contribution in [3.63, 3.8) is 0 Å². The molecule has 2 N–H and O–H groups in total. The molecule has 0 saturated heterocycles. The maximum absolute atomic E-state index is 13.4. The van der Waals surface area contributed by atoms with E-state index in [9.17, 15) is 22.0 Å². The van der Waals surface area contributed by atoms with Crippen LogP contribution in [0, 0.1) is 11.6 Å². The Bertz CT molecular complexity index is 1000. The number of amides is 1. The van der Waals surface area contributed by atoms with Gasteiger partial charge in [-0.15, -0.1) is 0 Å². The van der Waals surface area contributed by atoms with Gasteiger partial charge in [0.25, 0.3) is 5.91 Å². The van der Waals surface area contributed by atoms with Crippen molar-refractivity contribution in [1.29, 1.82) is 0 Å². The van der Waals surface area contributed by atoms with E-state index < -0.39 is 39.1 Å². The van der Waals surface area contributed by atoms with Gasteiger partial charge in [0, 0.05) is 11.1 Å². The molecule has 0 bridgehead atoms. The summed E-state index contributed by atoms with van der Waals surface area (Å²) in [7, 11) is -3.95. The van der Waals surface area contributed by atoms with Crippen LogP contribution >= 0.6 is 11.6 Å². The molecule has 0 spiro atoms. The van der Waals surface area contributed by atoms with E-state index in [0.717, 1.165) is 12.1 Å². The first-order chi connectivity index (χ1) is 12.8. The summed E-state index contributed by atoms with van der Waals surface area (Å²) in [4.78, 5) is 12.3. The minimum Gasteiger partial charge on any atom is -0.346 e. The molecular weight excluding hydrogens is 410 g/mol. The lowest BCUT2D eigenvalue weighted by molar-refractivity contribution is 0.0939. The number of sulfonamides is 1. The second-order valence-corrected chi connectivity index (χ2v) is 9.43. The molecule has 0 aliphatic rings. The zero-order valence-electron chi connectivity index (χ0n) is 15.8. The third-order valence-corrected chi connectivity index (χ3v) is 5.95. The minimum atomic E-state index is -3.95. The number of carbonyl (C=O) groups is 1. The van der Waals surface area contributed by atoms with Gasteiger partial charge >= 0.3 is 0 Å². The maximum Gasteiger partial charge on any atom is 0.251 e. The van der Waals surface area contributed by atoms with Crippen LogP contribution in [0.4, 0.5) is 8.78 Å². The highest BCUT2D eigenvalue weighted by Gasteiger charge is 2.25. The lowest BCUT2D eigenvalue weighted by Crippen LogP contribution is -2.40. The molecule has 1 unspecified atom stereocenters. The van der Waals surface area contributed by atoms with E-state index in [0.29, 0.717) is 5.56 Å². The summed E-state index contributed by atoms with van der Waals surface area (Å²) in [5.41, 5.74) is -0.307. The van der Waals surface area contributed by atoms with Crippen LogP contribution in [0.15, 0.2) is 41.3 Å². The zero-order valence-corrected chi connectivity index (χ0v) is 17.4. The van der Waals surface area contributed by atoms with E-state index in [1.54, 1.807) is 27.7 Å². The molecule has 2 aromatic carbocycles. The van der Waals surface area contributed by atoms with E-state index in [-0.39, 0.29) is 15.5 Å². The standard InChI is InChI=1S/C19H21ClF2N2O3S/c1-11(12-6-8-15(21)16(22)9-12)23-18(25)13-5-7-14(20)17(10-13)28(26,27)24-19(2,3)4/h5-11,24H,1-4H3,(H,23,25). The summed E-state index contributed by atoms with van der Waals surface area (Å²) in [5.74, 6) is -2.59. The third-order valence-electron chi connectivity index (χ3n) is 3.71. The average Bonchev–Trinajstić information content (AvgIpc) is 2.55. The first kappa shape index (κ1) is 22.3. The molecule has 0 radical (unpaired) electrons. The number of rotatable bonds is 5. The number of carbonyl (C=O) groups excluding carboxylic acids is 1. The minimum absolute atomic E-state index is 0.0260. The highest BCUT2D eigenvalue weighted by atomic mass is 35.5. The first-order valence-electron chi connectivity index (χ1n) is 8.39. The van der Waals surface area contributed by atoms with Crippen molar-refractivity contribution < 1.29 is 22.0 Å². The van der Waals surface area contributed by atoms with Gasteiger partial charge in [0.2, 0.25) is 10.0 Å². The van der Waals surface area contributed by atoms with Gasteiger partial charge in [0.15, 0.2) is 11.6 Å². The molecule has 1 atom stereocenters. The van der Waals surface area contributed by atoms with Gasteiger partial charge in [-0.25, -0.2) is 21.9 Å². The molecule has 0 heterocycles. The van der Waals surface area contributed by atoms with Gasteiger partial charge in [0.05, 0.1) is 11.1 Å². The van der Waals surface area contributed by atoms with Crippen molar-refractivity contribution in [3.8, 4) is 0 Å². The van der Waals surface area contributed by atoms with Crippen LogP contribution < -0.4 is 10.0 Å². The van der Waals surface area contributed by atoms with E-state index in [1.165, 1.54) is 24.3 Å². The van der Waals surface area contributed by atoms with Gasteiger partial charge < -0.3 is 5.32 Å². The molecule has 5 nitrogen and oxygen atoms in total. The molecular formula is C19H21ClF2N2O3S. The Kier molecular flexibility index (Phi) is 6.48. The predicted octanol–water partition coefficient (Wildman–Crippen LogP) is 4.19. The molecule has 2 rings (SSSR count). The van der Waals surface area contributed by atoms with Crippen LogP contribution in [0.1, 0.15) is 49.7 Å². The Labute approximate surface area is 168 Å². The molecule has 152 valence electrons. The Hall–Kier alpha value is -2.03. The van der Waals surface area contributed by atoms with Crippen LogP contribution in [0.5, 0.6) is 0 Å². The lowest BCUT2D eigenvalue weighted by Gasteiger charge is -2.21. The van der Waals surface area contributed by atoms with Crippen molar-refractivity contribution in [2.75, 3.05) is 0 Å². The van der Waals surface area contributed by atoms with Gasteiger partial charge in [-0.1, -0.05) is 17.7 Å². The van der Waals surface area contributed by atoms with E-state index >= 15 is 0 Å². The van der Waals surface area contributed by atoms with Crippen LogP contribution in [0.3, 0.4) is 0 Å². The van der Waals surface area contributed by atoms with Crippen LogP contribution in [-0.4, -0.2) is 19.9 Å². The highest BCUT2D eigenvalue weighted by Crippen LogP contribution is 2.24. The third kappa shape index (κ3) is 5.50. The summed E-state index contributed by atoms with van der Waals surface area (Å²) in [6, 6.07) is 6.55. The normalized spacial score (nSPS) is 13.2. The van der Waals surface area contributed by atoms with Gasteiger partial charge in [-0.3, -0.25) is 4.79 Å². The Balaban J connectivity index is 2.28. The summed E-state index contributed by atoms with van der Waals surface area (Å²) in [5, 5.41) is 2.59. The largest absolute Gasteiger partial charge is 0.346 e. The summed E-state index contributed by atoms with van der Waals surface area (Å²) < 4.78 is 54.0. The second-order valence-electron chi connectivity index (χ2n) is 7.37. The van der Waals surface area contributed by atoms with Crippen LogP contribution in [0.2, 0.25) is 5.02 Å². The molecule has 0 aliphatic carbocycles. The second kappa shape index (κ2) is 8.14. The molecule has 0 aliphatic heterocycles. The SMILES string of the molecule is CC(NC(=O)c1ccc(Cl)c(S(=O)(=O)NC(C)(C)C)c1)c1ccc(F)c(F)c1. The van der Waals surface area contributed by atoms with Crippen molar-refractivity contribution in [3.05, 3.63) is 64.2 Å². The molecule has 9 heteroatoms. The smallest absolute Gasteiger partial charge is 0.251 e. The van der Waals surface area contributed by atoms with Gasteiger partial charge in [-0.05, 0) is 63.6 Å². The Morgan fingerprint density at radius 3 is 2.29 bits per heavy atom. The fraction of sp³-hybridized carbons (Fsp3) is 0.316. The predicted molar refractivity (Wildman–Crippen MR) is 104 cm³/mol. The quantitative estimate of drug-likeness (QED) is 0.747. The van der Waals surface area contributed by atoms with Gasteiger partial charge in [-0.2, -0.15) is 0 Å². The van der Waals surface area contributed by atoms with Crippen molar-refractivity contribution >= 4 is 27.5 Å². The fourth-order valence-corrected chi connectivity index (χ4v) is 4.40. The highest BCUT2D eigenvalue weighted by molar-refractivity contribution is 7.89.